The molecule has 0 bridgehead atoms. The molecule has 2 aliphatic heterocycles. The molecule has 1 saturated heterocycles. The number of carboxylic acid groups (broad SMARTS) is 1. The first-order valence-corrected chi connectivity index (χ1v) is 8.69. The molecule has 1 amide bonds. The number of amides is 1. The number of methoxy groups -OCH3 is 2. The molecule has 8 nitrogen and oxygen atoms in total. The normalized spacial score (nSPS) is 17.1. The van der Waals surface area contributed by atoms with Crippen molar-refractivity contribution in [1.29, 1.82) is 0 Å². The van der Waals surface area contributed by atoms with Gasteiger partial charge in [-0.2, -0.15) is 0 Å². The number of aliphatic carboxylic acids is 1. The highest BCUT2D eigenvalue weighted by Crippen LogP contribution is 2.47. The van der Waals surface area contributed by atoms with Crippen LogP contribution in [0.3, 0.4) is 0 Å². The van der Waals surface area contributed by atoms with Crippen LogP contribution in [0.5, 0.6) is 11.5 Å². The highest BCUT2D eigenvalue weighted by molar-refractivity contribution is 6.09. The molecule has 1 spiro atoms. The van der Waals surface area contributed by atoms with Crippen LogP contribution in [0.1, 0.15) is 5.56 Å². The van der Waals surface area contributed by atoms with E-state index in [2.05, 4.69) is 0 Å². The van der Waals surface area contributed by atoms with Gasteiger partial charge in [0.25, 0.3) is 11.7 Å². The summed E-state index contributed by atoms with van der Waals surface area (Å²) < 4.78 is 22.1. The number of hydrogen-bond donors (Lipinski definition) is 1. The Bertz CT molecular complexity index is 950. The van der Waals surface area contributed by atoms with Gasteiger partial charge >= 0.3 is 5.97 Å². The van der Waals surface area contributed by atoms with Crippen LogP contribution in [0.4, 0.5) is 5.69 Å². The summed E-state index contributed by atoms with van der Waals surface area (Å²) in [5, 5.41) is 9.19. The number of benzene rings is 2. The summed E-state index contributed by atoms with van der Waals surface area (Å²) in [6.07, 6.45) is 0. The largest absolute Gasteiger partial charge is 0.497 e. The molecule has 146 valence electrons. The Morgan fingerprint density at radius 3 is 2.54 bits per heavy atom. The van der Waals surface area contributed by atoms with Crippen molar-refractivity contribution in [2.45, 2.75) is 5.79 Å². The number of carbonyl (C=O) groups excluding carboxylic acids is 1. The first-order valence-electron chi connectivity index (χ1n) is 8.69. The lowest BCUT2D eigenvalue weighted by molar-refractivity contribution is -0.181. The third-order valence-electron chi connectivity index (χ3n) is 4.88. The average molecular weight is 385 g/mol. The zero-order valence-electron chi connectivity index (χ0n) is 15.4. The Balaban J connectivity index is 1.85. The van der Waals surface area contributed by atoms with E-state index in [1.807, 2.05) is 12.1 Å². The summed E-state index contributed by atoms with van der Waals surface area (Å²) in [5.74, 6) is -1.98. The zero-order chi connectivity index (χ0) is 19.9. The van der Waals surface area contributed by atoms with E-state index in [9.17, 15) is 14.7 Å². The second-order valence-corrected chi connectivity index (χ2v) is 6.40. The van der Waals surface area contributed by atoms with Crippen LogP contribution in [0.25, 0.3) is 11.1 Å². The SMILES string of the molecule is COc1ccc(-c2ccc3c(c2)C2(OCCO2)C(=O)N3CC(=O)O)c(OC)c1. The summed E-state index contributed by atoms with van der Waals surface area (Å²) in [7, 11) is 3.14. The van der Waals surface area contributed by atoms with Gasteiger partial charge in [-0.25, -0.2) is 0 Å². The maximum Gasteiger partial charge on any atom is 0.323 e. The molecular formula is C20H19NO7. The first-order chi connectivity index (χ1) is 13.5. The maximum absolute atomic E-state index is 12.9. The van der Waals surface area contributed by atoms with Gasteiger partial charge in [0.1, 0.15) is 18.0 Å². The van der Waals surface area contributed by atoms with Crippen molar-refractivity contribution in [1.82, 2.24) is 0 Å². The lowest BCUT2D eigenvalue weighted by Crippen LogP contribution is -2.43. The van der Waals surface area contributed by atoms with Crippen LogP contribution in [-0.4, -0.2) is 51.0 Å². The summed E-state index contributed by atoms with van der Waals surface area (Å²) >= 11 is 0. The van der Waals surface area contributed by atoms with Gasteiger partial charge in [-0.3, -0.25) is 14.5 Å². The Morgan fingerprint density at radius 1 is 1.14 bits per heavy atom. The van der Waals surface area contributed by atoms with E-state index in [0.717, 1.165) is 11.1 Å². The van der Waals surface area contributed by atoms with Crippen LogP contribution in [-0.2, 0) is 24.8 Å². The molecular weight excluding hydrogens is 366 g/mol. The molecule has 28 heavy (non-hydrogen) atoms. The number of fused-ring (bicyclic) bond motifs is 2. The van der Waals surface area contributed by atoms with Crippen molar-refractivity contribution in [2.75, 3.05) is 38.9 Å². The van der Waals surface area contributed by atoms with Gasteiger partial charge in [0, 0.05) is 17.2 Å². The predicted octanol–water partition coefficient (Wildman–Crippen LogP) is 2.00. The molecule has 2 aromatic carbocycles. The Morgan fingerprint density at radius 2 is 1.89 bits per heavy atom. The van der Waals surface area contributed by atoms with Crippen molar-refractivity contribution in [3.05, 3.63) is 42.0 Å². The van der Waals surface area contributed by atoms with Crippen LogP contribution < -0.4 is 14.4 Å². The molecule has 2 aromatic rings. The summed E-state index contributed by atoms with van der Waals surface area (Å²) in [6, 6.07) is 10.7. The highest BCUT2D eigenvalue weighted by Gasteiger charge is 2.56. The summed E-state index contributed by atoms with van der Waals surface area (Å²) in [4.78, 5) is 25.4. The number of hydrogen-bond acceptors (Lipinski definition) is 6. The molecule has 0 radical (unpaired) electrons. The number of carbonyl (C=O) groups is 2. The number of nitrogens with zero attached hydrogens (tertiary/aromatic N) is 1. The second kappa shape index (κ2) is 6.81. The average Bonchev–Trinajstić information content (AvgIpc) is 3.28. The molecule has 1 fully saturated rings. The zero-order valence-corrected chi connectivity index (χ0v) is 15.4. The summed E-state index contributed by atoms with van der Waals surface area (Å²) in [6.45, 7) is 0.0376. The van der Waals surface area contributed by atoms with Crippen molar-refractivity contribution in [3.8, 4) is 22.6 Å². The molecule has 0 saturated carbocycles. The molecule has 8 heteroatoms. The van der Waals surface area contributed by atoms with Gasteiger partial charge in [0.15, 0.2) is 0 Å². The minimum Gasteiger partial charge on any atom is -0.497 e. The van der Waals surface area contributed by atoms with E-state index < -0.39 is 24.2 Å². The van der Waals surface area contributed by atoms with Crippen LogP contribution >= 0.6 is 0 Å². The lowest BCUT2D eigenvalue weighted by Gasteiger charge is -2.21. The van der Waals surface area contributed by atoms with E-state index in [4.69, 9.17) is 18.9 Å². The molecule has 2 heterocycles. The van der Waals surface area contributed by atoms with Crippen LogP contribution in [0, 0.1) is 0 Å². The topological polar surface area (TPSA) is 94.5 Å². The predicted molar refractivity (Wildman–Crippen MR) is 98.6 cm³/mol. The minimum atomic E-state index is -1.60. The van der Waals surface area contributed by atoms with Gasteiger partial charge in [-0.05, 0) is 29.8 Å². The van der Waals surface area contributed by atoms with Gasteiger partial charge in [0.2, 0.25) is 0 Å². The smallest absolute Gasteiger partial charge is 0.323 e. The first kappa shape index (κ1) is 18.3. The van der Waals surface area contributed by atoms with Crippen molar-refractivity contribution < 1.29 is 33.6 Å². The molecule has 0 aliphatic carbocycles. The molecule has 0 aromatic heterocycles. The molecule has 1 N–H and O–H groups in total. The minimum absolute atomic E-state index is 0.252. The van der Waals surface area contributed by atoms with E-state index in [1.54, 1.807) is 38.5 Å². The second-order valence-electron chi connectivity index (χ2n) is 6.40. The molecule has 2 aliphatic rings. The Labute approximate surface area is 161 Å². The molecule has 0 atom stereocenters. The number of anilines is 1. The molecule has 4 rings (SSSR count). The standard InChI is InChI=1S/C20H19NO7/c1-25-13-4-5-14(17(10-13)26-2)12-3-6-16-15(9-12)20(27-7-8-28-20)19(24)21(16)11-18(22)23/h3-6,9-10H,7-8,11H2,1-2H3,(H,22,23). The Kier molecular flexibility index (Phi) is 4.44. The highest BCUT2D eigenvalue weighted by atomic mass is 16.7. The summed E-state index contributed by atoms with van der Waals surface area (Å²) in [5.41, 5.74) is 2.53. The number of rotatable bonds is 5. The van der Waals surface area contributed by atoms with Crippen molar-refractivity contribution in [3.63, 3.8) is 0 Å². The van der Waals surface area contributed by atoms with Gasteiger partial charge in [0.05, 0.1) is 33.1 Å². The van der Waals surface area contributed by atoms with E-state index >= 15 is 0 Å². The van der Waals surface area contributed by atoms with Crippen molar-refractivity contribution >= 4 is 17.6 Å². The van der Waals surface area contributed by atoms with Crippen LogP contribution in [0.15, 0.2) is 36.4 Å². The number of carboxylic acids is 1. The third-order valence-corrected chi connectivity index (χ3v) is 4.88. The van der Waals surface area contributed by atoms with Crippen molar-refractivity contribution in [2.24, 2.45) is 0 Å². The fourth-order valence-electron chi connectivity index (χ4n) is 3.63. The van der Waals surface area contributed by atoms with E-state index in [-0.39, 0.29) is 13.2 Å². The van der Waals surface area contributed by atoms with Gasteiger partial charge in [-0.15, -0.1) is 0 Å². The van der Waals surface area contributed by atoms with Gasteiger partial charge in [-0.1, -0.05) is 6.07 Å². The quantitative estimate of drug-likeness (QED) is 0.841. The molecule has 0 unspecified atom stereocenters. The van der Waals surface area contributed by atoms with E-state index in [0.29, 0.717) is 22.7 Å². The van der Waals surface area contributed by atoms with E-state index in [1.165, 1.54) is 4.90 Å². The van der Waals surface area contributed by atoms with Crippen LogP contribution in [0.2, 0.25) is 0 Å². The van der Waals surface area contributed by atoms with Gasteiger partial charge < -0.3 is 24.1 Å². The third kappa shape index (κ3) is 2.69. The fraction of sp³-hybridized carbons (Fsp3) is 0.300. The fourth-order valence-corrected chi connectivity index (χ4v) is 3.63. The Hall–Kier alpha value is -3.10. The number of ether oxygens (including phenoxy) is 4. The maximum atomic E-state index is 12.9. The lowest BCUT2D eigenvalue weighted by atomic mass is 9.98. The monoisotopic (exact) mass is 385 g/mol.